The molecule has 0 N–H and O–H groups in total. The Hall–Kier alpha value is -2.54. The van der Waals surface area contributed by atoms with E-state index in [0.717, 1.165) is 10.1 Å². The second-order valence-corrected chi connectivity index (χ2v) is 6.85. The smallest absolute Gasteiger partial charge is 0.332 e. The highest BCUT2D eigenvalue weighted by atomic mass is 35.5. The van der Waals surface area contributed by atoms with Crippen LogP contribution in [0.3, 0.4) is 0 Å². The molecule has 1 aliphatic rings. The van der Waals surface area contributed by atoms with Crippen molar-refractivity contribution in [3.8, 4) is 0 Å². The molecule has 0 bridgehead atoms. The fourth-order valence-corrected chi connectivity index (χ4v) is 3.22. The molecule has 26 heavy (non-hydrogen) atoms. The number of hydrogen-bond donors (Lipinski definition) is 0. The minimum absolute atomic E-state index is 0.0600. The Bertz CT molecular complexity index is 925. The summed E-state index contributed by atoms with van der Waals surface area (Å²) in [5.41, 5.74) is 0.244. The van der Waals surface area contributed by atoms with Crippen molar-refractivity contribution in [1.82, 2.24) is 14.0 Å². The summed E-state index contributed by atoms with van der Waals surface area (Å²) in [4.78, 5) is 40.2. The first-order valence-corrected chi connectivity index (χ1v) is 8.79. The van der Waals surface area contributed by atoms with E-state index in [9.17, 15) is 14.4 Å². The number of nitrogens with zero attached hydrogens (tertiary/aromatic N) is 4. The lowest BCUT2D eigenvalue weighted by atomic mass is 10.1. The van der Waals surface area contributed by atoms with Crippen LogP contribution in [0.1, 0.15) is 5.56 Å². The molecule has 1 aromatic heterocycles. The number of piperazine rings is 1. The van der Waals surface area contributed by atoms with Gasteiger partial charge in [0.2, 0.25) is 5.91 Å². The third-order valence-electron chi connectivity index (χ3n) is 4.73. The molecule has 2 aromatic rings. The fraction of sp³-hybridized carbons (Fsp3) is 0.389. The summed E-state index contributed by atoms with van der Waals surface area (Å²) in [5.74, 6) is 0.646. The standard InChI is InChI=1S/C18H21ClN4O3/c1-20-15(12-16(24)21(2)18(20)26)22-7-9-23(10-8-22)17(25)11-13-3-5-14(19)6-4-13/h3-6,12H,7-11H2,1-2H3. The van der Waals surface area contributed by atoms with Crippen LogP contribution in [0.4, 0.5) is 5.82 Å². The maximum absolute atomic E-state index is 12.5. The molecule has 0 atom stereocenters. The Morgan fingerprint density at radius 3 is 2.23 bits per heavy atom. The van der Waals surface area contributed by atoms with E-state index in [-0.39, 0.29) is 17.2 Å². The number of hydrogen-bond acceptors (Lipinski definition) is 4. The molecule has 0 spiro atoms. The van der Waals surface area contributed by atoms with Gasteiger partial charge in [-0.25, -0.2) is 4.79 Å². The van der Waals surface area contributed by atoms with Crippen LogP contribution in [-0.2, 0) is 25.3 Å². The third-order valence-corrected chi connectivity index (χ3v) is 4.98. The molecule has 1 fully saturated rings. The molecular weight excluding hydrogens is 356 g/mol. The highest BCUT2D eigenvalue weighted by Crippen LogP contribution is 2.14. The Kier molecular flexibility index (Phi) is 5.18. The largest absolute Gasteiger partial charge is 0.354 e. The van der Waals surface area contributed by atoms with Gasteiger partial charge in [-0.05, 0) is 17.7 Å². The van der Waals surface area contributed by atoms with Gasteiger partial charge in [0.05, 0.1) is 6.42 Å². The first-order valence-electron chi connectivity index (χ1n) is 8.41. The van der Waals surface area contributed by atoms with Crippen molar-refractivity contribution >= 4 is 23.3 Å². The number of benzene rings is 1. The third kappa shape index (κ3) is 3.67. The molecule has 0 radical (unpaired) electrons. The van der Waals surface area contributed by atoms with E-state index in [4.69, 9.17) is 11.6 Å². The average Bonchev–Trinajstić information content (AvgIpc) is 2.65. The SMILES string of the molecule is Cn1c(N2CCN(C(=O)Cc3ccc(Cl)cc3)CC2)cc(=O)n(C)c1=O. The summed E-state index contributed by atoms with van der Waals surface area (Å²) < 4.78 is 2.54. The molecular formula is C18H21ClN4O3. The van der Waals surface area contributed by atoms with Gasteiger partial charge in [0.25, 0.3) is 5.56 Å². The molecule has 3 rings (SSSR count). The summed E-state index contributed by atoms with van der Waals surface area (Å²) in [7, 11) is 3.11. The molecule has 8 heteroatoms. The lowest BCUT2D eigenvalue weighted by molar-refractivity contribution is -0.130. The Morgan fingerprint density at radius 2 is 1.62 bits per heavy atom. The molecule has 1 aliphatic heterocycles. The zero-order valence-corrected chi connectivity index (χ0v) is 15.6. The first-order chi connectivity index (χ1) is 12.4. The number of rotatable bonds is 3. The predicted octanol–water partition coefficient (Wildman–Crippen LogP) is 0.629. The van der Waals surface area contributed by atoms with Crippen LogP contribution in [0.15, 0.2) is 39.9 Å². The summed E-state index contributed by atoms with van der Waals surface area (Å²) in [5, 5.41) is 0.648. The van der Waals surface area contributed by atoms with E-state index in [1.54, 1.807) is 19.2 Å². The van der Waals surface area contributed by atoms with Gasteiger partial charge >= 0.3 is 5.69 Å². The average molecular weight is 377 g/mol. The van der Waals surface area contributed by atoms with Gasteiger partial charge < -0.3 is 9.80 Å². The van der Waals surface area contributed by atoms with Crippen molar-refractivity contribution in [2.24, 2.45) is 14.1 Å². The minimum Gasteiger partial charge on any atom is -0.354 e. The van der Waals surface area contributed by atoms with Gasteiger partial charge in [0.1, 0.15) is 5.82 Å². The number of anilines is 1. The number of carbonyl (C=O) groups excluding carboxylic acids is 1. The first kappa shape index (κ1) is 18.3. The summed E-state index contributed by atoms with van der Waals surface area (Å²) in [6.45, 7) is 2.26. The monoisotopic (exact) mass is 376 g/mol. The van der Waals surface area contributed by atoms with Crippen molar-refractivity contribution in [1.29, 1.82) is 0 Å². The highest BCUT2D eigenvalue weighted by Gasteiger charge is 2.23. The van der Waals surface area contributed by atoms with E-state index in [1.165, 1.54) is 17.7 Å². The van der Waals surface area contributed by atoms with E-state index in [2.05, 4.69) is 0 Å². The molecule has 0 saturated carbocycles. The Labute approximate surface area is 156 Å². The van der Waals surface area contributed by atoms with E-state index in [1.807, 2.05) is 21.9 Å². The summed E-state index contributed by atoms with van der Waals surface area (Å²) in [6, 6.07) is 8.72. The van der Waals surface area contributed by atoms with Gasteiger partial charge in [-0.2, -0.15) is 0 Å². The molecule has 138 valence electrons. The number of amides is 1. The Morgan fingerprint density at radius 1 is 1.00 bits per heavy atom. The number of aromatic nitrogens is 2. The molecule has 0 aliphatic carbocycles. The van der Waals surface area contributed by atoms with Crippen LogP contribution < -0.4 is 16.1 Å². The lowest BCUT2D eigenvalue weighted by Gasteiger charge is -2.36. The highest BCUT2D eigenvalue weighted by molar-refractivity contribution is 6.30. The van der Waals surface area contributed by atoms with Crippen molar-refractivity contribution < 1.29 is 4.79 Å². The van der Waals surface area contributed by atoms with Crippen molar-refractivity contribution in [2.45, 2.75) is 6.42 Å². The molecule has 1 amide bonds. The number of halogens is 1. The fourth-order valence-electron chi connectivity index (χ4n) is 3.10. The van der Waals surface area contributed by atoms with Crippen molar-refractivity contribution in [3.63, 3.8) is 0 Å². The van der Waals surface area contributed by atoms with Gasteiger partial charge in [-0.1, -0.05) is 23.7 Å². The summed E-state index contributed by atoms with van der Waals surface area (Å²) in [6.07, 6.45) is 0.335. The second kappa shape index (κ2) is 7.37. The van der Waals surface area contributed by atoms with Crippen LogP contribution in [0.2, 0.25) is 5.02 Å². The van der Waals surface area contributed by atoms with Gasteiger partial charge in [-0.15, -0.1) is 0 Å². The molecule has 1 saturated heterocycles. The normalized spacial score (nSPS) is 14.6. The zero-order chi connectivity index (χ0) is 18.8. The van der Waals surface area contributed by atoms with E-state index in [0.29, 0.717) is 43.4 Å². The van der Waals surface area contributed by atoms with Crippen LogP contribution in [0.5, 0.6) is 0 Å². The maximum atomic E-state index is 12.5. The minimum atomic E-state index is -0.353. The summed E-state index contributed by atoms with van der Waals surface area (Å²) >= 11 is 5.87. The maximum Gasteiger partial charge on any atom is 0.332 e. The van der Waals surface area contributed by atoms with Gasteiger partial charge in [0.15, 0.2) is 0 Å². The molecule has 0 unspecified atom stereocenters. The molecule has 2 heterocycles. The van der Waals surface area contributed by atoms with Crippen molar-refractivity contribution in [2.75, 3.05) is 31.1 Å². The van der Waals surface area contributed by atoms with E-state index < -0.39 is 0 Å². The Balaban J connectivity index is 1.66. The molecule has 1 aromatic carbocycles. The molecule has 7 nitrogen and oxygen atoms in total. The zero-order valence-electron chi connectivity index (χ0n) is 14.8. The quantitative estimate of drug-likeness (QED) is 0.788. The predicted molar refractivity (Wildman–Crippen MR) is 101 cm³/mol. The van der Waals surface area contributed by atoms with Gasteiger partial charge in [-0.3, -0.25) is 18.7 Å². The second-order valence-electron chi connectivity index (χ2n) is 6.41. The van der Waals surface area contributed by atoms with E-state index >= 15 is 0 Å². The lowest BCUT2D eigenvalue weighted by Crippen LogP contribution is -2.51. The van der Waals surface area contributed by atoms with Gasteiger partial charge in [0, 0.05) is 51.4 Å². The van der Waals surface area contributed by atoms with Crippen LogP contribution >= 0.6 is 11.6 Å². The van der Waals surface area contributed by atoms with Crippen molar-refractivity contribution in [3.05, 3.63) is 61.8 Å². The number of carbonyl (C=O) groups is 1. The topological polar surface area (TPSA) is 67.5 Å². The van der Waals surface area contributed by atoms with Crippen LogP contribution in [-0.4, -0.2) is 46.1 Å². The van der Waals surface area contributed by atoms with Crippen LogP contribution in [0.25, 0.3) is 0 Å². The van der Waals surface area contributed by atoms with Crippen LogP contribution in [0, 0.1) is 0 Å².